The van der Waals surface area contributed by atoms with Crippen LogP contribution < -0.4 is 9.62 Å². The predicted molar refractivity (Wildman–Crippen MR) is 101 cm³/mol. The quantitative estimate of drug-likeness (QED) is 0.706. The molecule has 1 heterocycles. The van der Waals surface area contributed by atoms with Crippen LogP contribution in [0.2, 0.25) is 0 Å². The number of amides is 1. The van der Waals surface area contributed by atoms with E-state index in [2.05, 4.69) is 21.2 Å². The average molecular weight is 417 g/mol. The minimum Gasteiger partial charge on any atom is -0.324 e. The fraction of sp³-hybridized carbons (Fsp3) is 0.0556. The van der Waals surface area contributed by atoms with Crippen LogP contribution in [0.25, 0.3) is 10.8 Å². The number of halogens is 1. The van der Waals surface area contributed by atoms with E-state index in [0.29, 0.717) is 16.8 Å². The molecule has 0 unspecified atom stereocenters. The van der Waals surface area contributed by atoms with Crippen molar-refractivity contribution in [1.29, 1.82) is 0 Å². The third-order valence-electron chi connectivity index (χ3n) is 4.08. The first-order valence-electron chi connectivity index (χ1n) is 7.57. The maximum Gasteiger partial charge on any atom is 0.265 e. The summed E-state index contributed by atoms with van der Waals surface area (Å²) < 4.78 is 27.7. The van der Waals surface area contributed by atoms with Crippen molar-refractivity contribution in [2.45, 2.75) is 4.90 Å². The van der Waals surface area contributed by atoms with Gasteiger partial charge >= 0.3 is 0 Å². The van der Waals surface area contributed by atoms with Gasteiger partial charge in [0.25, 0.3) is 10.0 Å². The molecule has 0 atom stereocenters. The molecular formula is C18H13BrN2O3S. The van der Waals surface area contributed by atoms with Crippen LogP contribution in [0.5, 0.6) is 0 Å². The van der Waals surface area contributed by atoms with Gasteiger partial charge in [0.05, 0.1) is 10.6 Å². The molecule has 126 valence electrons. The molecule has 0 aromatic heterocycles. The summed E-state index contributed by atoms with van der Waals surface area (Å²) >= 11 is 3.34. The van der Waals surface area contributed by atoms with E-state index < -0.39 is 15.9 Å². The molecule has 4 rings (SSSR count). The largest absolute Gasteiger partial charge is 0.324 e. The molecule has 3 aromatic carbocycles. The zero-order valence-corrected chi connectivity index (χ0v) is 15.3. The summed E-state index contributed by atoms with van der Waals surface area (Å²) in [7, 11) is -3.73. The number of carbonyl (C=O) groups excluding carboxylic acids is 1. The lowest BCUT2D eigenvalue weighted by atomic mass is 10.1. The van der Waals surface area contributed by atoms with Crippen molar-refractivity contribution in [2.75, 3.05) is 16.2 Å². The second-order valence-electron chi connectivity index (χ2n) is 5.70. The zero-order valence-electron chi connectivity index (χ0n) is 12.9. The Bertz CT molecular complexity index is 1110. The smallest absolute Gasteiger partial charge is 0.265 e. The van der Waals surface area contributed by atoms with E-state index in [4.69, 9.17) is 0 Å². The number of benzene rings is 3. The number of sulfonamides is 1. The van der Waals surface area contributed by atoms with E-state index in [9.17, 15) is 13.2 Å². The van der Waals surface area contributed by atoms with Crippen LogP contribution in [-0.2, 0) is 14.8 Å². The first-order valence-corrected chi connectivity index (χ1v) is 9.80. The fourth-order valence-corrected chi connectivity index (χ4v) is 5.09. The van der Waals surface area contributed by atoms with Gasteiger partial charge in [-0.25, -0.2) is 8.42 Å². The van der Waals surface area contributed by atoms with Gasteiger partial charge in [-0.2, -0.15) is 0 Å². The van der Waals surface area contributed by atoms with Gasteiger partial charge in [0, 0.05) is 15.5 Å². The lowest BCUT2D eigenvalue weighted by Crippen LogP contribution is -2.35. The Labute approximate surface area is 153 Å². The summed E-state index contributed by atoms with van der Waals surface area (Å²) in [5, 5.41) is 4.24. The summed E-state index contributed by atoms with van der Waals surface area (Å²) in [4.78, 5) is 12.7. The van der Waals surface area contributed by atoms with Gasteiger partial charge < -0.3 is 5.32 Å². The first-order chi connectivity index (χ1) is 12.0. The van der Waals surface area contributed by atoms with Crippen LogP contribution in [0.3, 0.4) is 0 Å². The van der Waals surface area contributed by atoms with Crippen molar-refractivity contribution in [3.8, 4) is 0 Å². The number of nitrogens with one attached hydrogen (secondary N) is 1. The molecule has 7 heteroatoms. The van der Waals surface area contributed by atoms with Crippen molar-refractivity contribution in [1.82, 2.24) is 0 Å². The highest BCUT2D eigenvalue weighted by molar-refractivity contribution is 9.10. The number of nitrogens with zero attached hydrogens (tertiary/aromatic N) is 1. The zero-order chi connectivity index (χ0) is 17.6. The fourth-order valence-electron chi connectivity index (χ4n) is 3.03. The van der Waals surface area contributed by atoms with Crippen LogP contribution >= 0.6 is 15.9 Å². The van der Waals surface area contributed by atoms with Crippen molar-refractivity contribution >= 4 is 54.0 Å². The van der Waals surface area contributed by atoms with E-state index >= 15 is 0 Å². The third-order valence-corrected chi connectivity index (χ3v) is 6.37. The molecule has 1 N–H and O–H groups in total. The molecule has 0 saturated carbocycles. The number of anilines is 2. The predicted octanol–water partition coefficient (Wildman–Crippen LogP) is 3.75. The molecule has 0 radical (unpaired) electrons. The molecule has 1 aliphatic heterocycles. The maximum atomic E-state index is 12.8. The maximum absolute atomic E-state index is 12.8. The number of hydrogen-bond acceptors (Lipinski definition) is 3. The molecule has 0 fully saturated rings. The molecule has 25 heavy (non-hydrogen) atoms. The highest BCUT2D eigenvalue weighted by Gasteiger charge is 2.36. The van der Waals surface area contributed by atoms with Gasteiger partial charge in [0.2, 0.25) is 5.91 Å². The summed E-state index contributed by atoms with van der Waals surface area (Å²) in [5.74, 6) is -0.397. The van der Waals surface area contributed by atoms with Crippen molar-refractivity contribution in [3.05, 3.63) is 65.1 Å². The van der Waals surface area contributed by atoms with Crippen molar-refractivity contribution in [3.63, 3.8) is 0 Å². The highest BCUT2D eigenvalue weighted by atomic mass is 79.9. The third kappa shape index (κ3) is 2.69. The van der Waals surface area contributed by atoms with Crippen LogP contribution in [0.1, 0.15) is 0 Å². The minimum absolute atomic E-state index is 0.246. The monoisotopic (exact) mass is 416 g/mol. The van der Waals surface area contributed by atoms with E-state index in [0.717, 1.165) is 14.2 Å². The summed E-state index contributed by atoms with van der Waals surface area (Å²) in [6, 6.07) is 17.7. The van der Waals surface area contributed by atoms with E-state index in [1.807, 2.05) is 18.2 Å². The Hall–Kier alpha value is -2.38. The van der Waals surface area contributed by atoms with Crippen LogP contribution in [0.4, 0.5) is 11.4 Å². The Morgan fingerprint density at radius 3 is 2.52 bits per heavy atom. The second-order valence-corrected chi connectivity index (χ2v) is 8.45. The van der Waals surface area contributed by atoms with Crippen LogP contribution in [0.15, 0.2) is 70.0 Å². The number of carbonyl (C=O) groups is 1. The summed E-state index contributed by atoms with van der Waals surface area (Å²) in [5.41, 5.74) is 1.14. The van der Waals surface area contributed by atoms with Crippen LogP contribution in [-0.4, -0.2) is 20.9 Å². The standard InChI is InChI=1S/C18H13BrN2O3S/c19-13-6-3-7-14(10-13)20-17(22)11-21-15-8-1-4-12-5-2-9-16(18(12)15)25(21,23)24/h1-10H,11H2,(H,20,22). The van der Waals surface area contributed by atoms with Gasteiger partial charge in [-0.3, -0.25) is 9.10 Å². The summed E-state index contributed by atoms with van der Waals surface area (Å²) in [6.07, 6.45) is 0. The van der Waals surface area contributed by atoms with Gasteiger partial charge in [0.1, 0.15) is 6.54 Å². The van der Waals surface area contributed by atoms with E-state index in [-0.39, 0.29) is 11.4 Å². The normalized spacial score (nSPS) is 14.7. The Kier molecular flexibility index (Phi) is 3.77. The molecule has 1 amide bonds. The van der Waals surface area contributed by atoms with Crippen molar-refractivity contribution in [2.24, 2.45) is 0 Å². The van der Waals surface area contributed by atoms with Crippen molar-refractivity contribution < 1.29 is 13.2 Å². The highest BCUT2D eigenvalue weighted by Crippen LogP contribution is 2.41. The summed E-state index contributed by atoms with van der Waals surface area (Å²) in [6.45, 7) is -0.275. The lowest BCUT2D eigenvalue weighted by molar-refractivity contribution is -0.114. The Balaban J connectivity index is 1.68. The van der Waals surface area contributed by atoms with Gasteiger partial charge in [-0.1, -0.05) is 46.3 Å². The molecular weight excluding hydrogens is 404 g/mol. The molecule has 0 bridgehead atoms. The molecule has 1 aliphatic rings. The minimum atomic E-state index is -3.73. The number of hydrogen-bond donors (Lipinski definition) is 1. The van der Waals surface area contributed by atoms with Gasteiger partial charge in [-0.05, 0) is 35.7 Å². The lowest BCUT2D eigenvalue weighted by Gasteiger charge is -2.18. The molecule has 3 aromatic rings. The van der Waals surface area contributed by atoms with E-state index in [1.54, 1.807) is 42.5 Å². The first kappa shape index (κ1) is 16.1. The Morgan fingerprint density at radius 1 is 1.04 bits per heavy atom. The average Bonchev–Trinajstić information content (AvgIpc) is 2.78. The second kappa shape index (κ2) is 5.86. The molecule has 0 spiro atoms. The van der Waals surface area contributed by atoms with Crippen LogP contribution in [0, 0.1) is 0 Å². The SMILES string of the molecule is O=C(CN1c2cccc3cccc(c23)S1(=O)=O)Nc1cccc(Br)c1. The van der Waals surface area contributed by atoms with Gasteiger partial charge in [-0.15, -0.1) is 0 Å². The van der Waals surface area contributed by atoms with Gasteiger partial charge in [0.15, 0.2) is 0 Å². The topological polar surface area (TPSA) is 66.5 Å². The Morgan fingerprint density at radius 2 is 1.76 bits per heavy atom. The molecule has 0 saturated heterocycles. The van der Waals surface area contributed by atoms with E-state index in [1.165, 1.54) is 0 Å². The number of rotatable bonds is 3. The molecule has 5 nitrogen and oxygen atoms in total. The molecule has 0 aliphatic carbocycles.